The number of allylic oxidation sites excluding steroid dienone is 1. The molecule has 0 saturated carbocycles. The second-order valence-corrected chi connectivity index (χ2v) is 10.9. The van der Waals surface area contributed by atoms with E-state index in [4.69, 9.17) is 20.8 Å². The molecule has 4 aromatic rings. The standard InChI is InChI=1S/C30H28ClN3O4S/c1-6-37-29(36)26-18(3)32-30-34(27(26)19-8-11-21(12-9-19)33(4)5)28(35)25(39-30)16-22-13-14-24(38-22)23-15-20(31)10-7-17(23)2/h7-16,27H,6H2,1-5H3/b25-16-/t27-/m0/s1. The Morgan fingerprint density at radius 1 is 1.15 bits per heavy atom. The summed E-state index contributed by atoms with van der Waals surface area (Å²) in [6.07, 6.45) is 1.71. The number of anilines is 1. The Kier molecular flexibility index (Phi) is 7.34. The van der Waals surface area contributed by atoms with Crippen LogP contribution in [0.1, 0.15) is 36.8 Å². The Morgan fingerprint density at radius 3 is 2.59 bits per heavy atom. The molecule has 0 unspecified atom stereocenters. The zero-order valence-electron chi connectivity index (χ0n) is 22.3. The van der Waals surface area contributed by atoms with Gasteiger partial charge in [-0.15, -0.1) is 0 Å². The molecule has 1 atom stereocenters. The summed E-state index contributed by atoms with van der Waals surface area (Å²) in [6, 6.07) is 16.4. The molecule has 3 heterocycles. The van der Waals surface area contributed by atoms with E-state index in [0.717, 1.165) is 22.4 Å². The van der Waals surface area contributed by atoms with Crippen LogP contribution in [0.5, 0.6) is 0 Å². The van der Waals surface area contributed by atoms with Crippen LogP contribution in [-0.4, -0.2) is 31.2 Å². The molecule has 0 amide bonds. The van der Waals surface area contributed by atoms with Crippen molar-refractivity contribution in [3.8, 4) is 11.3 Å². The van der Waals surface area contributed by atoms with Gasteiger partial charge in [0.25, 0.3) is 5.56 Å². The number of carbonyl (C=O) groups excluding carboxylic acids is 1. The summed E-state index contributed by atoms with van der Waals surface area (Å²) in [6.45, 7) is 5.74. The summed E-state index contributed by atoms with van der Waals surface area (Å²) in [5.74, 6) is 0.707. The SMILES string of the molecule is CCOC(=O)C1=C(C)N=c2s/c(=C\c3ccc(-c4cc(Cl)ccc4C)o3)c(=O)n2[C@H]1c1ccc(N(C)C)cc1. The van der Waals surface area contributed by atoms with Crippen molar-refractivity contribution in [1.29, 1.82) is 0 Å². The van der Waals surface area contributed by atoms with Crippen LogP contribution in [0.4, 0.5) is 5.69 Å². The van der Waals surface area contributed by atoms with Gasteiger partial charge >= 0.3 is 5.97 Å². The summed E-state index contributed by atoms with van der Waals surface area (Å²) in [7, 11) is 3.92. The van der Waals surface area contributed by atoms with E-state index >= 15 is 0 Å². The van der Waals surface area contributed by atoms with Gasteiger partial charge in [-0.25, -0.2) is 9.79 Å². The molecule has 1 aliphatic heterocycles. The number of ether oxygens (including phenoxy) is 1. The van der Waals surface area contributed by atoms with E-state index in [2.05, 4.69) is 4.99 Å². The summed E-state index contributed by atoms with van der Waals surface area (Å²) in [5.41, 5.74) is 4.34. The van der Waals surface area contributed by atoms with E-state index in [-0.39, 0.29) is 12.2 Å². The summed E-state index contributed by atoms with van der Waals surface area (Å²) >= 11 is 7.45. The first-order valence-corrected chi connectivity index (χ1v) is 13.7. The maximum atomic E-state index is 13.8. The molecule has 1 aliphatic rings. The average molecular weight is 562 g/mol. The quantitative estimate of drug-likeness (QED) is 0.307. The van der Waals surface area contributed by atoms with Crippen LogP contribution < -0.4 is 19.8 Å². The molecule has 0 bridgehead atoms. The third-order valence-corrected chi connectivity index (χ3v) is 7.83. The first kappa shape index (κ1) is 26.7. The van der Waals surface area contributed by atoms with Crippen molar-refractivity contribution in [3.63, 3.8) is 0 Å². The van der Waals surface area contributed by atoms with Gasteiger partial charge in [0, 0.05) is 36.4 Å². The minimum atomic E-state index is -0.667. The Bertz CT molecular complexity index is 1780. The summed E-state index contributed by atoms with van der Waals surface area (Å²) in [4.78, 5) is 34.0. The zero-order valence-corrected chi connectivity index (χ0v) is 23.9. The van der Waals surface area contributed by atoms with Crippen LogP contribution in [0.15, 0.2) is 80.1 Å². The minimum absolute atomic E-state index is 0.221. The molecule has 9 heteroatoms. The molecule has 7 nitrogen and oxygen atoms in total. The molecular formula is C30H28ClN3O4S. The summed E-state index contributed by atoms with van der Waals surface area (Å²) in [5, 5.41) is 0.619. The number of halogens is 1. The van der Waals surface area contributed by atoms with Gasteiger partial charge in [-0.2, -0.15) is 0 Å². The molecule has 5 rings (SSSR count). The van der Waals surface area contributed by atoms with Gasteiger partial charge in [0.2, 0.25) is 0 Å². The smallest absolute Gasteiger partial charge is 0.338 e. The average Bonchev–Trinajstić information content (AvgIpc) is 3.49. The molecule has 0 fully saturated rings. The molecule has 0 spiro atoms. The molecule has 2 aromatic carbocycles. The maximum absolute atomic E-state index is 13.8. The molecule has 39 heavy (non-hydrogen) atoms. The predicted molar refractivity (Wildman–Crippen MR) is 155 cm³/mol. The van der Waals surface area contributed by atoms with Crippen LogP contribution in [0.3, 0.4) is 0 Å². The number of hydrogen-bond donors (Lipinski definition) is 0. The first-order chi connectivity index (χ1) is 18.7. The van der Waals surface area contributed by atoms with E-state index in [1.165, 1.54) is 11.3 Å². The number of rotatable bonds is 6. The number of furan rings is 1. The largest absolute Gasteiger partial charge is 0.463 e. The second kappa shape index (κ2) is 10.7. The van der Waals surface area contributed by atoms with Gasteiger partial charge in [0.15, 0.2) is 4.80 Å². The molecular weight excluding hydrogens is 534 g/mol. The molecule has 0 N–H and O–H groups in total. The lowest BCUT2D eigenvalue weighted by Crippen LogP contribution is -2.39. The van der Waals surface area contributed by atoms with Crippen LogP contribution in [0, 0.1) is 6.92 Å². The number of carbonyl (C=O) groups is 1. The Labute approximate surface area is 234 Å². The molecule has 0 saturated heterocycles. The topological polar surface area (TPSA) is 77.0 Å². The van der Waals surface area contributed by atoms with Crippen molar-refractivity contribution in [3.05, 3.63) is 107 Å². The van der Waals surface area contributed by atoms with Crippen molar-refractivity contribution in [2.24, 2.45) is 4.99 Å². The fraction of sp³-hybridized carbons (Fsp3) is 0.233. The summed E-state index contributed by atoms with van der Waals surface area (Å²) < 4.78 is 13.5. The van der Waals surface area contributed by atoms with Gasteiger partial charge in [0.05, 0.1) is 28.5 Å². The van der Waals surface area contributed by atoms with Crippen molar-refractivity contribution in [2.75, 3.05) is 25.6 Å². The van der Waals surface area contributed by atoms with Crippen molar-refractivity contribution >= 4 is 40.7 Å². The number of hydrogen-bond acceptors (Lipinski definition) is 7. The maximum Gasteiger partial charge on any atom is 0.338 e. The normalized spacial score (nSPS) is 15.2. The number of thiazole rings is 1. The van der Waals surface area contributed by atoms with E-state index in [1.807, 2.05) is 80.5 Å². The molecule has 0 radical (unpaired) electrons. The van der Waals surface area contributed by atoms with Crippen LogP contribution >= 0.6 is 22.9 Å². The fourth-order valence-corrected chi connectivity index (χ4v) is 5.82. The van der Waals surface area contributed by atoms with E-state index < -0.39 is 12.0 Å². The third-order valence-electron chi connectivity index (χ3n) is 6.61. The minimum Gasteiger partial charge on any atom is -0.463 e. The molecule has 2 aromatic heterocycles. The second-order valence-electron chi connectivity index (χ2n) is 9.45. The highest BCUT2D eigenvalue weighted by atomic mass is 35.5. The van der Waals surface area contributed by atoms with Crippen LogP contribution in [0.25, 0.3) is 17.4 Å². The van der Waals surface area contributed by atoms with Gasteiger partial charge in [0.1, 0.15) is 11.5 Å². The lowest BCUT2D eigenvalue weighted by atomic mass is 9.95. The lowest BCUT2D eigenvalue weighted by Gasteiger charge is -2.25. The first-order valence-electron chi connectivity index (χ1n) is 12.5. The third kappa shape index (κ3) is 5.10. The number of benzene rings is 2. The van der Waals surface area contributed by atoms with Crippen molar-refractivity contribution in [2.45, 2.75) is 26.8 Å². The fourth-order valence-electron chi connectivity index (χ4n) is 4.63. The lowest BCUT2D eigenvalue weighted by molar-refractivity contribution is -0.139. The number of aromatic nitrogens is 1. The predicted octanol–water partition coefficient (Wildman–Crippen LogP) is 5.09. The van der Waals surface area contributed by atoms with Crippen molar-refractivity contribution in [1.82, 2.24) is 4.57 Å². The monoisotopic (exact) mass is 561 g/mol. The highest BCUT2D eigenvalue weighted by Gasteiger charge is 2.33. The van der Waals surface area contributed by atoms with E-state index in [0.29, 0.717) is 37.1 Å². The number of aryl methyl sites for hydroxylation is 1. The molecule has 200 valence electrons. The van der Waals surface area contributed by atoms with Crippen LogP contribution in [-0.2, 0) is 9.53 Å². The Morgan fingerprint density at radius 2 is 1.90 bits per heavy atom. The highest BCUT2D eigenvalue weighted by molar-refractivity contribution is 7.07. The van der Waals surface area contributed by atoms with E-state index in [1.54, 1.807) is 24.5 Å². The Balaban J connectivity index is 1.63. The number of nitrogens with zero attached hydrogens (tertiary/aromatic N) is 3. The van der Waals surface area contributed by atoms with Gasteiger partial charge in [-0.05, 0) is 68.3 Å². The molecule has 0 aliphatic carbocycles. The van der Waals surface area contributed by atoms with Crippen LogP contribution in [0.2, 0.25) is 5.02 Å². The Hall–Kier alpha value is -3.88. The van der Waals surface area contributed by atoms with Gasteiger partial charge in [-0.3, -0.25) is 9.36 Å². The number of fused-ring (bicyclic) bond motifs is 1. The van der Waals surface area contributed by atoms with E-state index in [9.17, 15) is 9.59 Å². The number of esters is 1. The zero-order chi connectivity index (χ0) is 27.8. The van der Waals surface area contributed by atoms with Gasteiger partial charge < -0.3 is 14.1 Å². The van der Waals surface area contributed by atoms with Gasteiger partial charge in [-0.1, -0.05) is 41.1 Å². The highest BCUT2D eigenvalue weighted by Crippen LogP contribution is 2.32. The van der Waals surface area contributed by atoms with Crippen molar-refractivity contribution < 1.29 is 13.9 Å².